The van der Waals surface area contributed by atoms with Crippen LogP contribution in [0.15, 0.2) is 0 Å². The average molecular weight is 293 g/mol. The molecule has 2 nitrogen and oxygen atoms in total. The van der Waals surface area contributed by atoms with Gasteiger partial charge in [-0.2, -0.15) is 5.56 Å². The van der Waals surface area contributed by atoms with Crippen molar-refractivity contribution in [3.8, 4) is 0 Å². The van der Waals surface area contributed by atoms with Crippen LogP contribution in [0.3, 0.4) is 0 Å². The molecule has 1 aromatic heterocycles. The fourth-order valence-electron chi connectivity index (χ4n) is 0.649. The van der Waals surface area contributed by atoms with E-state index >= 15 is 0 Å². The Morgan fingerprint density at radius 2 is 2.00 bits per heavy atom. The van der Waals surface area contributed by atoms with Crippen molar-refractivity contribution >= 4 is 0 Å². The maximum absolute atomic E-state index is 4.07. The zero-order valence-corrected chi connectivity index (χ0v) is 8.74. The minimum atomic E-state index is 0. The molecule has 0 saturated heterocycles. The molecule has 0 aliphatic rings. The van der Waals surface area contributed by atoms with Gasteiger partial charge in [0.1, 0.15) is 0 Å². The van der Waals surface area contributed by atoms with E-state index in [0.717, 1.165) is 11.3 Å². The van der Waals surface area contributed by atoms with Gasteiger partial charge in [-0.3, -0.25) is 5.10 Å². The van der Waals surface area contributed by atoms with E-state index in [2.05, 4.69) is 11.3 Å². The van der Waals surface area contributed by atoms with Crippen LogP contribution in [0.25, 0.3) is 0 Å². The second-order valence-corrected chi connectivity index (χ2v) is 1.95. The summed E-state index contributed by atoms with van der Waals surface area (Å²) in [5.41, 5.74) is 2.19. The molecule has 1 rings (SSSR count). The third-order valence-corrected chi connectivity index (χ3v) is 1.17. The Hall–Kier alpha value is -0.102. The van der Waals surface area contributed by atoms with Crippen LogP contribution in [-0.4, -0.2) is 9.78 Å². The van der Waals surface area contributed by atoms with Crippen molar-refractivity contribution in [2.45, 2.75) is 13.8 Å². The first-order chi connectivity index (χ1) is 3.70. The zero-order valence-electron chi connectivity index (χ0n) is 5.80. The standard InChI is InChI=1S/C6H9N2.W/c1-5-4-8(3)7-6(5)2;/h1-3H3;/q-1;+2. The van der Waals surface area contributed by atoms with Crippen molar-refractivity contribution < 1.29 is 21.1 Å². The quantitative estimate of drug-likeness (QED) is 0.648. The summed E-state index contributed by atoms with van der Waals surface area (Å²) >= 11 is 0. The third kappa shape index (κ3) is 1.94. The molecule has 48 valence electrons. The van der Waals surface area contributed by atoms with Gasteiger partial charge in [-0.15, -0.1) is 6.20 Å². The van der Waals surface area contributed by atoms with E-state index in [9.17, 15) is 0 Å². The molecule has 0 unspecified atom stereocenters. The van der Waals surface area contributed by atoms with Gasteiger partial charge < -0.3 is 4.68 Å². The van der Waals surface area contributed by atoms with Crippen LogP contribution in [-0.2, 0) is 28.1 Å². The number of aromatic nitrogens is 2. The largest absolute Gasteiger partial charge is 2.00 e. The maximum atomic E-state index is 4.07. The van der Waals surface area contributed by atoms with E-state index < -0.39 is 0 Å². The van der Waals surface area contributed by atoms with Crippen molar-refractivity contribution in [1.82, 2.24) is 9.78 Å². The molecule has 0 spiro atoms. The summed E-state index contributed by atoms with van der Waals surface area (Å²) in [6.45, 7) is 3.98. The van der Waals surface area contributed by atoms with Crippen LogP contribution in [0.2, 0.25) is 0 Å². The Kier molecular flexibility index (Phi) is 3.13. The van der Waals surface area contributed by atoms with Gasteiger partial charge in [0.2, 0.25) is 0 Å². The van der Waals surface area contributed by atoms with E-state index in [4.69, 9.17) is 0 Å². The second kappa shape index (κ2) is 3.16. The summed E-state index contributed by atoms with van der Waals surface area (Å²) < 4.78 is 1.70. The predicted octanol–water partition coefficient (Wildman–Crippen LogP) is 0.835. The monoisotopic (exact) mass is 293 g/mol. The van der Waals surface area contributed by atoms with E-state index in [-0.39, 0.29) is 21.1 Å². The number of aryl methyl sites for hydroxylation is 3. The number of hydrogen-bond acceptors (Lipinski definition) is 1. The first-order valence-electron chi connectivity index (χ1n) is 2.59. The third-order valence-electron chi connectivity index (χ3n) is 1.17. The van der Waals surface area contributed by atoms with E-state index in [1.807, 2.05) is 20.9 Å². The van der Waals surface area contributed by atoms with E-state index in [0.29, 0.717) is 0 Å². The molecule has 0 aliphatic carbocycles. The van der Waals surface area contributed by atoms with Crippen LogP contribution in [0.4, 0.5) is 0 Å². The van der Waals surface area contributed by atoms with Gasteiger partial charge in [-0.05, 0) is 0 Å². The summed E-state index contributed by atoms with van der Waals surface area (Å²) in [5.74, 6) is 0. The Bertz CT molecular complexity index is 173. The van der Waals surface area contributed by atoms with E-state index in [1.54, 1.807) is 4.68 Å². The molecule has 0 aromatic carbocycles. The van der Waals surface area contributed by atoms with Crippen LogP contribution in [0.5, 0.6) is 0 Å². The predicted molar refractivity (Wildman–Crippen MR) is 31.5 cm³/mol. The molecule has 0 amide bonds. The first-order valence-corrected chi connectivity index (χ1v) is 2.59. The minimum Gasteiger partial charge on any atom is -0.379 e. The van der Waals surface area contributed by atoms with Gasteiger partial charge in [0.05, 0.1) is 0 Å². The van der Waals surface area contributed by atoms with Gasteiger partial charge in [0, 0.05) is 7.05 Å². The van der Waals surface area contributed by atoms with Crippen LogP contribution >= 0.6 is 0 Å². The van der Waals surface area contributed by atoms with Crippen molar-refractivity contribution in [1.29, 1.82) is 0 Å². The summed E-state index contributed by atoms with van der Waals surface area (Å²) in [5, 5.41) is 4.07. The summed E-state index contributed by atoms with van der Waals surface area (Å²) in [6, 6.07) is 0. The summed E-state index contributed by atoms with van der Waals surface area (Å²) in [7, 11) is 1.88. The molecular formula is C6H9N2W+. The molecule has 3 heteroatoms. The molecule has 1 heterocycles. The van der Waals surface area contributed by atoms with Gasteiger partial charge in [0.15, 0.2) is 0 Å². The van der Waals surface area contributed by atoms with Crippen molar-refractivity contribution in [3.63, 3.8) is 0 Å². The average Bonchev–Trinajstić information content (AvgIpc) is 1.85. The van der Waals surface area contributed by atoms with Crippen LogP contribution in [0, 0.1) is 20.0 Å². The first kappa shape index (κ1) is 8.90. The van der Waals surface area contributed by atoms with Crippen LogP contribution < -0.4 is 0 Å². The molecule has 0 bridgehead atoms. The fraction of sp³-hybridized carbons (Fsp3) is 0.500. The second-order valence-electron chi connectivity index (χ2n) is 1.95. The molecule has 0 N–H and O–H groups in total. The minimum absolute atomic E-state index is 0. The zero-order chi connectivity index (χ0) is 6.15. The Labute approximate surface area is 69.5 Å². The molecule has 1 aromatic rings. The van der Waals surface area contributed by atoms with Crippen molar-refractivity contribution in [2.75, 3.05) is 0 Å². The smallest absolute Gasteiger partial charge is 0.379 e. The Morgan fingerprint density at radius 1 is 1.44 bits per heavy atom. The molecule has 0 radical (unpaired) electrons. The van der Waals surface area contributed by atoms with Crippen LogP contribution in [0.1, 0.15) is 11.3 Å². The van der Waals surface area contributed by atoms with Gasteiger partial charge in [-0.25, -0.2) is 0 Å². The molecule has 0 fully saturated rings. The SMILES string of the molecule is Cc1[c-]n(C)nc1C.[W+2]. The number of nitrogens with zero attached hydrogens (tertiary/aromatic N) is 2. The summed E-state index contributed by atoms with van der Waals surface area (Å²) in [4.78, 5) is 0. The van der Waals surface area contributed by atoms with E-state index in [1.165, 1.54) is 0 Å². The maximum Gasteiger partial charge on any atom is 2.00 e. The molecule has 0 saturated carbocycles. The van der Waals surface area contributed by atoms with Gasteiger partial charge in [-0.1, -0.05) is 19.5 Å². The summed E-state index contributed by atoms with van der Waals surface area (Å²) in [6.07, 6.45) is 3.01. The van der Waals surface area contributed by atoms with Crippen molar-refractivity contribution in [3.05, 3.63) is 17.5 Å². The molecule has 0 aliphatic heterocycles. The normalized spacial score (nSPS) is 8.78. The molecule has 9 heavy (non-hydrogen) atoms. The van der Waals surface area contributed by atoms with Crippen molar-refractivity contribution in [2.24, 2.45) is 7.05 Å². The van der Waals surface area contributed by atoms with Gasteiger partial charge in [0.25, 0.3) is 0 Å². The Balaban J connectivity index is 0.000000640. The number of hydrogen-bond donors (Lipinski definition) is 0. The molecule has 0 atom stereocenters. The Morgan fingerprint density at radius 3 is 2.11 bits per heavy atom. The topological polar surface area (TPSA) is 17.8 Å². The fourth-order valence-corrected chi connectivity index (χ4v) is 0.649. The van der Waals surface area contributed by atoms with Gasteiger partial charge >= 0.3 is 21.1 Å². The molecular weight excluding hydrogens is 284 g/mol. The number of rotatable bonds is 0.